The number of halogens is 2. The van der Waals surface area contributed by atoms with E-state index in [1.54, 1.807) is 0 Å². The molecule has 0 aliphatic heterocycles. The number of carboxylic acids is 1. The summed E-state index contributed by atoms with van der Waals surface area (Å²) in [6.07, 6.45) is 0.347. The molecule has 2 aliphatic rings. The largest absolute Gasteiger partial charge is 0.481 e. The van der Waals surface area contributed by atoms with Crippen molar-refractivity contribution in [3.8, 4) is 0 Å². The molecule has 1 unspecified atom stereocenters. The zero-order valence-corrected chi connectivity index (χ0v) is 5.76. The van der Waals surface area contributed by atoms with Crippen LogP contribution in [0.3, 0.4) is 0 Å². The molecule has 0 heterocycles. The van der Waals surface area contributed by atoms with Crippen LogP contribution in [0, 0.1) is 17.8 Å². The van der Waals surface area contributed by atoms with E-state index in [2.05, 4.69) is 0 Å². The maximum absolute atomic E-state index is 12.5. The number of aliphatic carboxylic acids is 1. The number of hydrogen-bond donors (Lipinski definition) is 1. The molecule has 62 valence electrons. The Kier molecular flexibility index (Phi) is 1.10. The third-order valence-electron chi connectivity index (χ3n) is 2.79. The maximum Gasteiger partial charge on any atom is 0.306 e. The highest BCUT2D eigenvalue weighted by Crippen LogP contribution is 2.65. The Balaban J connectivity index is 2.00. The van der Waals surface area contributed by atoms with Crippen LogP contribution in [0.2, 0.25) is 0 Å². The number of rotatable bonds is 1. The van der Waals surface area contributed by atoms with Gasteiger partial charge in [-0.1, -0.05) is 0 Å². The highest BCUT2D eigenvalue weighted by Gasteiger charge is 2.72. The zero-order valence-electron chi connectivity index (χ0n) is 5.76. The van der Waals surface area contributed by atoms with E-state index in [1.807, 2.05) is 0 Å². The van der Waals surface area contributed by atoms with Crippen molar-refractivity contribution < 1.29 is 18.7 Å². The van der Waals surface area contributed by atoms with E-state index in [0.717, 1.165) is 0 Å². The summed E-state index contributed by atoms with van der Waals surface area (Å²) in [6, 6.07) is 0. The lowest BCUT2D eigenvalue weighted by molar-refractivity contribution is -0.142. The molecule has 0 aromatic carbocycles. The predicted octanol–water partition coefficient (Wildman–Crippen LogP) is 1.36. The molecule has 0 aromatic heterocycles. The monoisotopic (exact) mass is 162 g/mol. The van der Waals surface area contributed by atoms with Crippen molar-refractivity contribution in [1.29, 1.82) is 0 Å². The summed E-state index contributed by atoms with van der Waals surface area (Å²) in [7, 11) is 0. The second-order valence-corrected chi connectivity index (χ2v) is 3.39. The van der Waals surface area contributed by atoms with Crippen LogP contribution in [0.15, 0.2) is 0 Å². The minimum Gasteiger partial charge on any atom is -0.481 e. The van der Waals surface area contributed by atoms with Gasteiger partial charge in [0.25, 0.3) is 5.92 Å². The molecule has 0 saturated heterocycles. The number of hydrogen-bond acceptors (Lipinski definition) is 1. The summed E-state index contributed by atoms with van der Waals surface area (Å²) in [5, 5.41) is 8.48. The SMILES string of the molecule is O=C(O)[C@@H]1CC2[C@H](C1)C2(F)F. The van der Waals surface area contributed by atoms with Gasteiger partial charge in [0.1, 0.15) is 0 Å². The molecule has 2 rings (SSSR count). The highest BCUT2D eigenvalue weighted by molar-refractivity contribution is 5.71. The first-order valence-corrected chi connectivity index (χ1v) is 3.64. The molecular formula is C7H8F2O2. The van der Waals surface area contributed by atoms with E-state index in [0.29, 0.717) is 0 Å². The van der Waals surface area contributed by atoms with Crippen LogP contribution in [0.4, 0.5) is 8.78 Å². The quantitative estimate of drug-likeness (QED) is 0.632. The first-order chi connectivity index (χ1) is 5.03. The van der Waals surface area contributed by atoms with E-state index < -0.39 is 29.6 Å². The topological polar surface area (TPSA) is 37.3 Å². The fourth-order valence-electron chi connectivity index (χ4n) is 2.01. The van der Waals surface area contributed by atoms with E-state index in [1.165, 1.54) is 0 Å². The van der Waals surface area contributed by atoms with Gasteiger partial charge in [-0.2, -0.15) is 0 Å². The van der Waals surface area contributed by atoms with Gasteiger partial charge in [0.15, 0.2) is 0 Å². The van der Waals surface area contributed by atoms with Crippen molar-refractivity contribution in [2.24, 2.45) is 17.8 Å². The molecule has 2 nitrogen and oxygen atoms in total. The molecule has 1 N–H and O–H groups in total. The van der Waals surface area contributed by atoms with Crippen molar-refractivity contribution in [3.63, 3.8) is 0 Å². The number of fused-ring (bicyclic) bond motifs is 1. The summed E-state index contributed by atoms with van der Waals surface area (Å²) < 4.78 is 25.0. The van der Waals surface area contributed by atoms with Crippen molar-refractivity contribution in [2.45, 2.75) is 18.8 Å². The summed E-state index contributed by atoms with van der Waals surface area (Å²) >= 11 is 0. The van der Waals surface area contributed by atoms with E-state index >= 15 is 0 Å². The predicted molar refractivity (Wildman–Crippen MR) is 32.3 cm³/mol. The van der Waals surface area contributed by atoms with Gasteiger partial charge in [-0.05, 0) is 12.8 Å². The molecule has 3 atom stereocenters. The second kappa shape index (κ2) is 1.73. The second-order valence-electron chi connectivity index (χ2n) is 3.39. The molecule has 2 fully saturated rings. The molecule has 4 heteroatoms. The zero-order chi connectivity index (χ0) is 8.22. The van der Waals surface area contributed by atoms with E-state index in [9.17, 15) is 13.6 Å². The van der Waals surface area contributed by atoms with Crippen LogP contribution in [-0.2, 0) is 4.79 Å². The molecule has 0 spiro atoms. The Labute approximate surface area is 62.2 Å². The normalized spacial score (nSPS) is 45.1. The minimum absolute atomic E-state index is 0.174. The fraction of sp³-hybridized carbons (Fsp3) is 0.857. The van der Waals surface area contributed by atoms with Crippen LogP contribution in [0.5, 0.6) is 0 Å². The first kappa shape index (κ1) is 7.00. The van der Waals surface area contributed by atoms with Gasteiger partial charge in [0.05, 0.1) is 5.92 Å². The average molecular weight is 162 g/mol. The van der Waals surface area contributed by atoms with Crippen molar-refractivity contribution in [2.75, 3.05) is 0 Å². The number of carboxylic acid groups (broad SMARTS) is 1. The van der Waals surface area contributed by atoms with Crippen LogP contribution in [0.1, 0.15) is 12.8 Å². The van der Waals surface area contributed by atoms with Crippen LogP contribution < -0.4 is 0 Å². The molecule has 0 aromatic rings. The number of carbonyl (C=O) groups is 1. The lowest BCUT2D eigenvalue weighted by Gasteiger charge is -2.07. The lowest BCUT2D eigenvalue weighted by atomic mass is 10.0. The first-order valence-electron chi connectivity index (χ1n) is 3.64. The standard InChI is InChI=1S/C7H8F2O2/c8-7(9)4-1-3(6(10)11)2-5(4)7/h3-5H,1-2H2,(H,10,11)/t3-,4-,5?/m0/s1. The molecule has 0 amide bonds. The number of alkyl halides is 2. The van der Waals surface area contributed by atoms with E-state index in [4.69, 9.17) is 5.11 Å². The molecule has 0 bridgehead atoms. The fourth-order valence-corrected chi connectivity index (χ4v) is 2.01. The van der Waals surface area contributed by atoms with Crippen molar-refractivity contribution >= 4 is 5.97 Å². The average Bonchev–Trinajstić information content (AvgIpc) is 2.28. The van der Waals surface area contributed by atoms with Crippen LogP contribution in [-0.4, -0.2) is 17.0 Å². The minimum atomic E-state index is -2.54. The maximum atomic E-state index is 12.5. The van der Waals surface area contributed by atoms with Gasteiger partial charge in [-0.25, -0.2) is 8.78 Å². The Hall–Kier alpha value is -0.670. The molecule has 11 heavy (non-hydrogen) atoms. The Bertz CT molecular complexity index is 200. The van der Waals surface area contributed by atoms with Crippen molar-refractivity contribution in [1.82, 2.24) is 0 Å². The third kappa shape index (κ3) is 0.781. The molecule has 2 saturated carbocycles. The Morgan fingerprint density at radius 1 is 1.36 bits per heavy atom. The van der Waals surface area contributed by atoms with Crippen LogP contribution >= 0.6 is 0 Å². The summed E-state index contributed by atoms with van der Waals surface area (Å²) in [4.78, 5) is 10.3. The lowest BCUT2D eigenvalue weighted by Crippen LogP contribution is -2.15. The van der Waals surface area contributed by atoms with Gasteiger partial charge in [0, 0.05) is 11.8 Å². The summed E-state index contributed by atoms with van der Waals surface area (Å²) in [6.45, 7) is 0. The highest BCUT2D eigenvalue weighted by atomic mass is 19.3. The van der Waals surface area contributed by atoms with E-state index in [-0.39, 0.29) is 12.8 Å². The van der Waals surface area contributed by atoms with Gasteiger partial charge in [-0.15, -0.1) is 0 Å². The van der Waals surface area contributed by atoms with Crippen molar-refractivity contribution in [3.05, 3.63) is 0 Å². The molecule has 2 aliphatic carbocycles. The van der Waals surface area contributed by atoms with Gasteiger partial charge < -0.3 is 5.11 Å². The third-order valence-corrected chi connectivity index (χ3v) is 2.79. The van der Waals surface area contributed by atoms with Crippen LogP contribution in [0.25, 0.3) is 0 Å². The van der Waals surface area contributed by atoms with Gasteiger partial charge in [-0.3, -0.25) is 4.79 Å². The molecule has 0 radical (unpaired) electrons. The summed E-state index contributed by atoms with van der Waals surface area (Å²) in [5.74, 6) is -5.21. The van der Waals surface area contributed by atoms with Gasteiger partial charge >= 0.3 is 5.97 Å². The Morgan fingerprint density at radius 3 is 2.18 bits per heavy atom. The molecular weight excluding hydrogens is 154 g/mol. The smallest absolute Gasteiger partial charge is 0.306 e. The van der Waals surface area contributed by atoms with Gasteiger partial charge in [0.2, 0.25) is 0 Å². The summed E-state index contributed by atoms with van der Waals surface area (Å²) in [5.41, 5.74) is 0. The Morgan fingerprint density at radius 2 is 1.82 bits per heavy atom.